The van der Waals surface area contributed by atoms with Gasteiger partial charge in [0.05, 0.1) is 25.4 Å². The van der Waals surface area contributed by atoms with Crippen LogP contribution in [0.15, 0.2) is 48.6 Å². The average Bonchev–Trinajstić information content (AvgIpc) is 3.03. The van der Waals surface area contributed by atoms with Gasteiger partial charge in [0.25, 0.3) is 0 Å². The van der Waals surface area contributed by atoms with Crippen molar-refractivity contribution in [1.29, 1.82) is 0 Å². The lowest BCUT2D eigenvalue weighted by molar-refractivity contribution is -0.143. The Labute approximate surface area is 595 Å². The quantitative estimate of drug-likeness (QED) is 0.0320. The Morgan fingerprint density at radius 2 is 0.526 bits per heavy atom. The molecule has 0 aromatic heterocycles. The molecule has 0 bridgehead atoms. The summed E-state index contributed by atoms with van der Waals surface area (Å²) in [7, 11) is 0. The van der Waals surface area contributed by atoms with Crippen LogP contribution >= 0.6 is 0 Å². The van der Waals surface area contributed by atoms with Gasteiger partial charge in [-0.1, -0.05) is 428 Å². The number of hydrogen-bond acceptors (Lipinski definition) is 5. The summed E-state index contributed by atoms with van der Waals surface area (Å²) in [5.74, 6) is -0.0444. The number of aliphatic hydroxyl groups excluding tert-OH is 2. The Hall–Kier alpha value is -2.18. The van der Waals surface area contributed by atoms with Crippen LogP contribution in [0.2, 0.25) is 0 Å². The normalized spacial score (nSPS) is 12.7. The molecule has 560 valence electrons. The highest BCUT2D eigenvalue weighted by atomic mass is 16.5. The van der Waals surface area contributed by atoms with Crippen LogP contribution in [0.3, 0.4) is 0 Å². The first-order chi connectivity index (χ1) is 47.0. The number of hydrogen-bond donors (Lipinski definition) is 3. The lowest BCUT2D eigenvalue weighted by Gasteiger charge is -2.20. The van der Waals surface area contributed by atoms with Gasteiger partial charge in [0.15, 0.2) is 0 Å². The second kappa shape index (κ2) is 84.2. The van der Waals surface area contributed by atoms with Gasteiger partial charge < -0.3 is 20.3 Å². The number of carbonyl (C=O) groups excluding carboxylic acids is 2. The standard InChI is InChI=1S/C89H169NO5/c1-3-5-7-9-11-13-15-17-19-21-23-24-40-43-46-49-53-57-61-65-69-73-77-81-87(92)86(85-91)90-88(93)82-78-74-70-66-62-58-54-50-47-44-41-38-36-34-32-30-28-26-25-27-29-31-33-35-37-39-42-45-48-52-56-60-64-68-72-76-80-84-95-89(94)83-79-75-71-67-63-59-55-51-22-20-18-16-14-12-10-8-6-4-2/h14,16,20,22,25,27,77,81,86-87,91-92H,3-13,15,17-19,21,23-24,26,28-76,78-80,82-85H2,1-2H3,(H,90,93)/b16-14-,22-20-,27-25-,81-77+. The first-order valence-electron chi connectivity index (χ1n) is 43.4. The molecule has 0 spiro atoms. The molecule has 0 aromatic carbocycles. The van der Waals surface area contributed by atoms with Crippen LogP contribution in [-0.2, 0) is 14.3 Å². The SMILES string of the molecule is CCCCCC/C=C\C/C=C\CCCCCCCCCC(=O)OCCCCCCCCCCCCCCCCCC/C=C\CCCCCCCCCCCCCCCCCCCC(=O)NC(CO)C(O)/C=C/CCCCCCCCCCCCCCCCCCCCCCC. The number of rotatable bonds is 82. The highest BCUT2D eigenvalue weighted by Gasteiger charge is 2.18. The van der Waals surface area contributed by atoms with Gasteiger partial charge >= 0.3 is 5.97 Å². The maximum Gasteiger partial charge on any atom is 0.305 e. The summed E-state index contributed by atoms with van der Waals surface area (Å²) in [6.45, 7) is 4.94. The van der Waals surface area contributed by atoms with Crippen molar-refractivity contribution in [3.8, 4) is 0 Å². The molecule has 0 aromatic rings. The Balaban J connectivity index is 3.35. The van der Waals surface area contributed by atoms with Crippen LogP contribution in [0.4, 0.5) is 0 Å². The van der Waals surface area contributed by atoms with Crippen LogP contribution in [0.25, 0.3) is 0 Å². The second-order valence-corrected chi connectivity index (χ2v) is 29.9. The fourth-order valence-electron chi connectivity index (χ4n) is 13.7. The molecule has 1 amide bonds. The van der Waals surface area contributed by atoms with Crippen molar-refractivity contribution >= 4 is 11.9 Å². The Morgan fingerprint density at radius 3 is 0.821 bits per heavy atom. The minimum Gasteiger partial charge on any atom is -0.466 e. The highest BCUT2D eigenvalue weighted by Crippen LogP contribution is 2.20. The molecule has 6 nitrogen and oxygen atoms in total. The summed E-state index contributed by atoms with van der Waals surface area (Å²) in [6, 6.07) is -0.627. The minimum atomic E-state index is -0.844. The van der Waals surface area contributed by atoms with E-state index in [4.69, 9.17) is 4.74 Å². The zero-order valence-electron chi connectivity index (χ0n) is 64.4. The van der Waals surface area contributed by atoms with E-state index in [2.05, 4.69) is 55.6 Å². The van der Waals surface area contributed by atoms with Gasteiger partial charge in [0.2, 0.25) is 5.91 Å². The van der Waals surface area contributed by atoms with Gasteiger partial charge in [-0.15, -0.1) is 0 Å². The van der Waals surface area contributed by atoms with Crippen LogP contribution in [0.5, 0.6) is 0 Å². The minimum absolute atomic E-state index is 0.0146. The predicted molar refractivity (Wildman–Crippen MR) is 421 cm³/mol. The first-order valence-corrected chi connectivity index (χ1v) is 43.4. The molecule has 0 aliphatic rings. The number of allylic oxidation sites excluding steroid dienone is 7. The van der Waals surface area contributed by atoms with Crippen molar-refractivity contribution in [2.45, 2.75) is 495 Å². The molecule has 0 saturated heterocycles. The van der Waals surface area contributed by atoms with Crippen molar-refractivity contribution < 1.29 is 24.5 Å². The summed E-state index contributed by atoms with van der Waals surface area (Å²) in [6.07, 6.45) is 113. The van der Waals surface area contributed by atoms with Gasteiger partial charge in [-0.05, 0) is 89.9 Å². The van der Waals surface area contributed by atoms with E-state index in [0.717, 1.165) is 51.4 Å². The molecule has 3 N–H and O–H groups in total. The highest BCUT2D eigenvalue weighted by molar-refractivity contribution is 5.76. The zero-order valence-corrected chi connectivity index (χ0v) is 64.4. The Kier molecular flexibility index (Phi) is 82.3. The molecule has 0 aliphatic heterocycles. The molecule has 2 atom stereocenters. The number of esters is 1. The van der Waals surface area contributed by atoms with Crippen molar-refractivity contribution in [3.05, 3.63) is 48.6 Å². The summed E-state index contributed by atoms with van der Waals surface area (Å²) >= 11 is 0. The van der Waals surface area contributed by atoms with Crippen LogP contribution in [0, 0.1) is 0 Å². The zero-order chi connectivity index (χ0) is 68.4. The largest absolute Gasteiger partial charge is 0.466 e. The molecular formula is C89H169NO5. The van der Waals surface area contributed by atoms with E-state index in [1.54, 1.807) is 6.08 Å². The fourth-order valence-corrected chi connectivity index (χ4v) is 13.7. The van der Waals surface area contributed by atoms with Crippen molar-refractivity contribution in [1.82, 2.24) is 5.32 Å². The van der Waals surface area contributed by atoms with Gasteiger partial charge in [-0.3, -0.25) is 9.59 Å². The van der Waals surface area contributed by atoms with E-state index >= 15 is 0 Å². The summed E-state index contributed by atoms with van der Waals surface area (Å²) in [4.78, 5) is 24.7. The predicted octanol–water partition coefficient (Wildman–Crippen LogP) is 29.1. The van der Waals surface area contributed by atoms with E-state index < -0.39 is 12.1 Å². The third kappa shape index (κ3) is 80.7. The first kappa shape index (κ1) is 92.8. The number of ether oxygens (including phenoxy) is 1. The molecule has 0 rings (SSSR count). The van der Waals surface area contributed by atoms with Gasteiger partial charge in [-0.25, -0.2) is 0 Å². The smallest absolute Gasteiger partial charge is 0.305 e. The number of amides is 1. The topological polar surface area (TPSA) is 95.9 Å². The molecule has 0 saturated carbocycles. The molecule has 0 heterocycles. The molecule has 2 unspecified atom stereocenters. The molecular weight excluding hydrogens is 1160 g/mol. The van der Waals surface area contributed by atoms with Crippen LogP contribution in [0.1, 0.15) is 483 Å². The third-order valence-electron chi connectivity index (χ3n) is 20.3. The van der Waals surface area contributed by atoms with Crippen molar-refractivity contribution in [3.63, 3.8) is 0 Å². The van der Waals surface area contributed by atoms with E-state index in [-0.39, 0.29) is 18.5 Å². The summed E-state index contributed by atoms with van der Waals surface area (Å²) in [5, 5.41) is 23.3. The third-order valence-corrected chi connectivity index (χ3v) is 20.3. The van der Waals surface area contributed by atoms with Crippen LogP contribution < -0.4 is 5.32 Å². The molecule has 0 aliphatic carbocycles. The lowest BCUT2D eigenvalue weighted by Crippen LogP contribution is -2.45. The van der Waals surface area contributed by atoms with Crippen LogP contribution in [-0.4, -0.2) is 47.4 Å². The summed E-state index contributed by atoms with van der Waals surface area (Å²) in [5.41, 5.74) is 0. The van der Waals surface area contributed by atoms with Crippen molar-refractivity contribution in [2.24, 2.45) is 0 Å². The number of unbranched alkanes of at least 4 members (excludes halogenated alkanes) is 65. The number of aliphatic hydroxyl groups is 2. The monoisotopic (exact) mass is 1330 g/mol. The van der Waals surface area contributed by atoms with E-state index in [1.807, 2.05) is 6.08 Å². The molecule has 6 heteroatoms. The lowest BCUT2D eigenvalue weighted by atomic mass is 10.0. The van der Waals surface area contributed by atoms with Gasteiger partial charge in [0, 0.05) is 12.8 Å². The van der Waals surface area contributed by atoms with Crippen molar-refractivity contribution in [2.75, 3.05) is 13.2 Å². The average molecular weight is 1330 g/mol. The van der Waals surface area contributed by atoms with E-state index in [9.17, 15) is 19.8 Å². The van der Waals surface area contributed by atoms with E-state index in [1.165, 1.54) is 405 Å². The Morgan fingerprint density at radius 1 is 0.295 bits per heavy atom. The number of nitrogens with one attached hydrogen (secondary N) is 1. The molecule has 0 radical (unpaired) electrons. The fraction of sp³-hybridized carbons (Fsp3) is 0.888. The van der Waals surface area contributed by atoms with Gasteiger partial charge in [0.1, 0.15) is 0 Å². The second-order valence-electron chi connectivity index (χ2n) is 29.9. The summed E-state index contributed by atoms with van der Waals surface area (Å²) < 4.78 is 5.51. The van der Waals surface area contributed by atoms with Gasteiger partial charge in [-0.2, -0.15) is 0 Å². The maximum atomic E-state index is 12.6. The Bertz CT molecular complexity index is 1590. The maximum absolute atomic E-state index is 12.6. The molecule has 0 fully saturated rings. The van der Waals surface area contributed by atoms with E-state index in [0.29, 0.717) is 19.4 Å². The number of carbonyl (C=O) groups is 2. The molecule has 95 heavy (non-hydrogen) atoms.